The summed E-state index contributed by atoms with van der Waals surface area (Å²) >= 11 is 0. The van der Waals surface area contributed by atoms with Gasteiger partial charge in [0.2, 0.25) is 17.7 Å². The van der Waals surface area contributed by atoms with Crippen LogP contribution in [0.4, 0.5) is 0 Å². The lowest BCUT2D eigenvalue weighted by Gasteiger charge is -2.29. The van der Waals surface area contributed by atoms with Gasteiger partial charge in [0, 0.05) is 12.5 Å². The fourth-order valence-corrected chi connectivity index (χ4v) is 3.09. The first kappa shape index (κ1) is 23.4. The third-order valence-electron chi connectivity index (χ3n) is 4.73. The predicted octanol–water partition coefficient (Wildman–Crippen LogP) is -0.182. The van der Waals surface area contributed by atoms with Gasteiger partial charge in [-0.1, -0.05) is 20.8 Å². The monoisotopic (exact) mass is 399 g/mol. The lowest BCUT2D eigenvalue weighted by Crippen LogP contribution is -2.55. The molecule has 4 atom stereocenters. The summed E-state index contributed by atoms with van der Waals surface area (Å²) in [6.07, 6.45) is 0.630. The summed E-state index contributed by atoms with van der Waals surface area (Å²) in [6.45, 7) is 6.58. The van der Waals surface area contributed by atoms with Crippen LogP contribution in [0.1, 0.15) is 47.0 Å². The van der Waals surface area contributed by atoms with Crippen LogP contribution in [0.15, 0.2) is 0 Å². The van der Waals surface area contributed by atoms with Gasteiger partial charge >= 0.3 is 11.9 Å². The average molecular weight is 399 g/mol. The molecule has 1 rings (SSSR count). The Morgan fingerprint density at radius 3 is 2.14 bits per heavy atom. The summed E-state index contributed by atoms with van der Waals surface area (Å²) in [5, 5.41) is 22.9. The van der Waals surface area contributed by atoms with Crippen molar-refractivity contribution in [3.63, 3.8) is 0 Å². The number of rotatable bonds is 9. The molecule has 10 heteroatoms. The predicted molar refractivity (Wildman–Crippen MR) is 98.2 cm³/mol. The second-order valence-electron chi connectivity index (χ2n) is 7.49. The van der Waals surface area contributed by atoms with Crippen LogP contribution in [0.25, 0.3) is 0 Å². The number of carboxylic acid groups (broad SMARTS) is 2. The van der Waals surface area contributed by atoms with E-state index in [0.717, 1.165) is 0 Å². The highest BCUT2D eigenvalue weighted by Crippen LogP contribution is 2.19. The molecule has 0 spiro atoms. The standard InChI is InChI=1S/C18H29N3O7/c1-9(2)14(18(27)28)20-16(25)12-6-5-7-21(12)17(26)11(4)19-15(24)10(3)8-13(22)23/h9-12,14H,5-8H2,1-4H3,(H,19,24)(H,20,25)(H,22,23)(H,27,28)/t10-,11-,12-,14-/m0/s1. The van der Waals surface area contributed by atoms with Gasteiger partial charge in [-0.3, -0.25) is 19.2 Å². The Bertz CT molecular complexity index is 635. The number of carbonyl (C=O) groups excluding carboxylic acids is 3. The van der Waals surface area contributed by atoms with Gasteiger partial charge in [0.25, 0.3) is 0 Å². The molecule has 28 heavy (non-hydrogen) atoms. The molecule has 1 aliphatic rings. The minimum atomic E-state index is -1.15. The quantitative estimate of drug-likeness (QED) is 0.419. The van der Waals surface area contributed by atoms with Crippen molar-refractivity contribution >= 4 is 29.7 Å². The first-order valence-corrected chi connectivity index (χ1v) is 9.31. The molecule has 0 aromatic heterocycles. The Morgan fingerprint density at radius 1 is 1.04 bits per heavy atom. The van der Waals surface area contributed by atoms with Gasteiger partial charge < -0.3 is 25.7 Å². The van der Waals surface area contributed by atoms with Crippen LogP contribution in [0.5, 0.6) is 0 Å². The van der Waals surface area contributed by atoms with E-state index in [1.165, 1.54) is 18.7 Å². The summed E-state index contributed by atoms with van der Waals surface area (Å²) in [6, 6.07) is -2.79. The highest BCUT2D eigenvalue weighted by Gasteiger charge is 2.38. The molecule has 4 N–H and O–H groups in total. The highest BCUT2D eigenvalue weighted by molar-refractivity contribution is 5.94. The Hall–Kier alpha value is -2.65. The number of carbonyl (C=O) groups is 5. The molecule has 0 unspecified atom stereocenters. The molecular formula is C18H29N3O7. The van der Waals surface area contributed by atoms with Crippen molar-refractivity contribution in [1.82, 2.24) is 15.5 Å². The van der Waals surface area contributed by atoms with Crippen molar-refractivity contribution in [2.24, 2.45) is 11.8 Å². The molecular weight excluding hydrogens is 370 g/mol. The van der Waals surface area contributed by atoms with Gasteiger partial charge in [0.05, 0.1) is 6.42 Å². The maximum absolute atomic E-state index is 12.7. The average Bonchev–Trinajstić information content (AvgIpc) is 3.06. The van der Waals surface area contributed by atoms with E-state index in [1.54, 1.807) is 13.8 Å². The largest absolute Gasteiger partial charge is 0.481 e. The second-order valence-corrected chi connectivity index (χ2v) is 7.49. The zero-order valence-electron chi connectivity index (χ0n) is 16.6. The molecule has 0 aliphatic carbocycles. The number of hydrogen-bond acceptors (Lipinski definition) is 5. The smallest absolute Gasteiger partial charge is 0.326 e. The maximum Gasteiger partial charge on any atom is 0.326 e. The number of carboxylic acids is 2. The Kier molecular flexibility index (Phi) is 8.39. The zero-order chi connectivity index (χ0) is 21.6. The van der Waals surface area contributed by atoms with Crippen LogP contribution < -0.4 is 10.6 Å². The second kappa shape index (κ2) is 10.0. The van der Waals surface area contributed by atoms with E-state index in [1.807, 2.05) is 0 Å². The first-order valence-electron chi connectivity index (χ1n) is 9.31. The van der Waals surface area contributed by atoms with E-state index in [9.17, 15) is 29.1 Å². The molecule has 1 aliphatic heterocycles. The molecule has 0 aromatic rings. The molecule has 1 saturated heterocycles. The van der Waals surface area contributed by atoms with Gasteiger partial charge in [-0.05, 0) is 25.7 Å². The Labute approximate surface area is 163 Å². The van der Waals surface area contributed by atoms with Gasteiger partial charge in [0.15, 0.2) is 0 Å². The molecule has 0 aromatic carbocycles. The van der Waals surface area contributed by atoms with Crippen LogP contribution in [-0.4, -0.2) is 69.4 Å². The fourth-order valence-electron chi connectivity index (χ4n) is 3.09. The van der Waals surface area contributed by atoms with Crippen molar-refractivity contribution in [3.8, 4) is 0 Å². The van der Waals surface area contributed by atoms with Crippen molar-refractivity contribution < 1.29 is 34.2 Å². The minimum absolute atomic E-state index is 0.319. The number of amides is 3. The number of aliphatic carboxylic acids is 2. The van der Waals surface area contributed by atoms with Crippen molar-refractivity contribution in [2.45, 2.75) is 65.1 Å². The summed E-state index contributed by atoms with van der Waals surface area (Å²) in [5.74, 6) is -4.94. The zero-order valence-corrected chi connectivity index (χ0v) is 16.6. The molecule has 10 nitrogen and oxygen atoms in total. The number of likely N-dealkylation sites (tertiary alicyclic amines) is 1. The van der Waals surface area contributed by atoms with Crippen molar-refractivity contribution in [1.29, 1.82) is 0 Å². The topological polar surface area (TPSA) is 153 Å². The van der Waals surface area contributed by atoms with E-state index in [0.29, 0.717) is 19.4 Å². The Morgan fingerprint density at radius 2 is 1.64 bits per heavy atom. The van der Waals surface area contributed by atoms with Crippen LogP contribution in [-0.2, 0) is 24.0 Å². The van der Waals surface area contributed by atoms with E-state index < -0.39 is 53.7 Å². The molecule has 3 amide bonds. The van der Waals surface area contributed by atoms with Crippen LogP contribution in [0.2, 0.25) is 0 Å². The third kappa shape index (κ3) is 6.21. The number of nitrogens with zero attached hydrogens (tertiary/aromatic N) is 1. The molecule has 158 valence electrons. The maximum atomic E-state index is 12.7. The van der Waals surface area contributed by atoms with Gasteiger partial charge in [-0.25, -0.2) is 4.79 Å². The van der Waals surface area contributed by atoms with Crippen molar-refractivity contribution in [3.05, 3.63) is 0 Å². The Balaban J connectivity index is 2.75. The van der Waals surface area contributed by atoms with Gasteiger partial charge in [0.1, 0.15) is 18.1 Å². The van der Waals surface area contributed by atoms with Crippen LogP contribution >= 0.6 is 0 Å². The van der Waals surface area contributed by atoms with E-state index >= 15 is 0 Å². The summed E-state index contributed by atoms with van der Waals surface area (Å²) < 4.78 is 0. The van der Waals surface area contributed by atoms with Crippen LogP contribution in [0.3, 0.4) is 0 Å². The summed E-state index contributed by atoms with van der Waals surface area (Å²) in [5.41, 5.74) is 0. The summed E-state index contributed by atoms with van der Waals surface area (Å²) in [4.78, 5) is 60.6. The molecule has 0 radical (unpaired) electrons. The SMILES string of the molecule is CC(C)[C@H](NC(=O)[C@@H]1CCCN1C(=O)[C@H](C)NC(=O)[C@@H](C)CC(=O)O)C(=O)O. The number of nitrogens with one attached hydrogen (secondary N) is 2. The van der Waals surface area contributed by atoms with Gasteiger partial charge in [-0.15, -0.1) is 0 Å². The van der Waals surface area contributed by atoms with Gasteiger partial charge in [-0.2, -0.15) is 0 Å². The van der Waals surface area contributed by atoms with Crippen LogP contribution in [0, 0.1) is 11.8 Å². The fraction of sp³-hybridized carbons (Fsp3) is 0.722. The molecule has 0 saturated carbocycles. The minimum Gasteiger partial charge on any atom is -0.481 e. The summed E-state index contributed by atoms with van der Waals surface area (Å²) in [7, 11) is 0. The lowest BCUT2D eigenvalue weighted by atomic mass is 10.0. The van der Waals surface area contributed by atoms with E-state index in [-0.39, 0.29) is 12.3 Å². The molecule has 1 fully saturated rings. The molecule has 0 bridgehead atoms. The normalized spacial score (nSPS) is 19.6. The number of hydrogen-bond donors (Lipinski definition) is 4. The van der Waals surface area contributed by atoms with Crippen molar-refractivity contribution in [2.75, 3.05) is 6.54 Å². The van der Waals surface area contributed by atoms with E-state index in [4.69, 9.17) is 5.11 Å². The first-order chi connectivity index (χ1) is 13.0. The lowest BCUT2D eigenvalue weighted by molar-refractivity contribution is -0.145. The van der Waals surface area contributed by atoms with E-state index in [2.05, 4.69) is 10.6 Å². The third-order valence-corrected chi connectivity index (χ3v) is 4.73. The highest BCUT2D eigenvalue weighted by atomic mass is 16.4. The molecule has 1 heterocycles.